The second kappa shape index (κ2) is 8.68. The SMILES string of the molecule is CCC(=O)NCC(C)SC(=O)CC(=O)C(=O)OC. The van der Waals surface area contributed by atoms with Gasteiger partial charge in [-0.1, -0.05) is 25.6 Å². The molecule has 0 aliphatic carbocycles. The van der Waals surface area contributed by atoms with Crippen molar-refractivity contribution in [2.24, 2.45) is 0 Å². The maximum atomic E-state index is 11.4. The Morgan fingerprint density at radius 3 is 2.39 bits per heavy atom. The molecule has 0 rings (SSSR count). The summed E-state index contributed by atoms with van der Waals surface area (Å²) in [4.78, 5) is 44.3. The van der Waals surface area contributed by atoms with Crippen LogP contribution in [0.5, 0.6) is 0 Å². The van der Waals surface area contributed by atoms with Gasteiger partial charge in [-0.25, -0.2) is 4.79 Å². The third-order valence-corrected chi connectivity index (χ3v) is 2.93. The van der Waals surface area contributed by atoms with Gasteiger partial charge in [0.25, 0.3) is 0 Å². The lowest BCUT2D eigenvalue weighted by atomic mass is 10.3. The third-order valence-electron chi connectivity index (χ3n) is 1.96. The highest BCUT2D eigenvalue weighted by Gasteiger charge is 2.20. The molecule has 18 heavy (non-hydrogen) atoms. The van der Waals surface area contributed by atoms with Gasteiger partial charge in [-0.2, -0.15) is 0 Å². The Morgan fingerprint density at radius 1 is 1.28 bits per heavy atom. The molecule has 1 unspecified atom stereocenters. The Bertz CT molecular complexity index is 342. The molecule has 0 fully saturated rings. The zero-order chi connectivity index (χ0) is 14.1. The van der Waals surface area contributed by atoms with Crippen LogP contribution in [0.2, 0.25) is 0 Å². The normalized spacial score (nSPS) is 11.5. The van der Waals surface area contributed by atoms with Crippen LogP contribution < -0.4 is 5.32 Å². The van der Waals surface area contributed by atoms with Gasteiger partial charge in [0.2, 0.25) is 11.7 Å². The van der Waals surface area contributed by atoms with E-state index in [0.29, 0.717) is 13.0 Å². The molecule has 0 bridgehead atoms. The molecule has 102 valence electrons. The summed E-state index contributed by atoms with van der Waals surface area (Å²) in [5.74, 6) is -1.98. The van der Waals surface area contributed by atoms with Crippen molar-refractivity contribution < 1.29 is 23.9 Å². The van der Waals surface area contributed by atoms with E-state index in [1.54, 1.807) is 13.8 Å². The first-order chi connectivity index (χ1) is 8.40. The van der Waals surface area contributed by atoms with E-state index in [4.69, 9.17) is 0 Å². The summed E-state index contributed by atoms with van der Waals surface area (Å²) < 4.78 is 4.20. The van der Waals surface area contributed by atoms with Gasteiger partial charge in [-0.05, 0) is 0 Å². The maximum Gasteiger partial charge on any atom is 0.374 e. The highest BCUT2D eigenvalue weighted by molar-refractivity contribution is 8.14. The Morgan fingerprint density at radius 2 is 1.89 bits per heavy atom. The summed E-state index contributed by atoms with van der Waals surface area (Å²) in [5, 5.41) is 2.07. The van der Waals surface area contributed by atoms with Crippen LogP contribution in [-0.2, 0) is 23.9 Å². The first-order valence-electron chi connectivity index (χ1n) is 5.48. The predicted octanol–water partition coefficient (Wildman–Crippen LogP) is 0.293. The van der Waals surface area contributed by atoms with E-state index >= 15 is 0 Å². The zero-order valence-electron chi connectivity index (χ0n) is 10.6. The molecule has 0 aliphatic rings. The van der Waals surface area contributed by atoms with Crippen LogP contribution in [-0.4, -0.2) is 41.7 Å². The largest absolute Gasteiger partial charge is 0.463 e. The van der Waals surface area contributed by atoms with Crippen LogP contribution in [0.3, 0.4) is 0 Å². The van der Waals surface area contributed by atoms with Crippen molar-refractivity contribution >= 4 is 34.5 Å². The van der Waals surface area contributed by atoms with E-state index in [-0.39, 0.29) is 11.2 Å². The number of ether oxygens (including phenoxy) is 1. The van der Waals surface area contributed by atoms with E-state index in [9.17, 15) is 19.2 Å². The molecule has 0 saturated heterocycles. The van der Waals surface area contributed by atoms with Crippen molar-refractivity contribution in [1.82, 2.24) is 5.32 Å². The first-order valence-corrected chi connectivity index (χ1v) is 6.36. The summed E-state index contributed by atoms with van der Waals surface area (Å²) in [5.41, 5.74) is 0. The quantitative estimate of drug-likeness (QED) is 0.408. The molecule has 7 heteroatoms. The fraction of sp³-hybridized carbons (Fsp3) is 0.636. The van der Waals surface area contributed by atoms with Gasteiger partial charge < -0.3 is 10.1 Å². The number of methoxy groups -OCH3 is 1. The second-order valence-corrected chi connectivity index (χ2v) is 5.05. The summed E-state index contributed by atoms with van der Waals surface area (Å²) in [7, 11) is 1.08. The molecule has 0 saturated carbocycles. The number of thioether (sulfide) groups is 1. The number of nitrogens with one attached hydrogen (secondary N) is 1. The number of carbonyl (C=O) groups is 4. The molecule has 0 heterocycles. The summed E-state index contributed by atoms with van der Waals surface area (Å²) in [6.07, 6.45) is -0.102. The molecule has 0 aliphatic heterocycles. The molecule has 1 atom stereocenters. The molecular weight excluding hydrogens is 258 g/mol. The van der Waals surface area contributed by atoms with Crippen LogP contribution in [0.15, 0.2) is 0 Å². The van der Waals surface area contributed by atoms with Crippen molar-refractivity contribution in [3.05, 3.63) is 0 Å². The van der Waals surface area contributed by atoms with Crippen molar-refractivity contribution in [3.8, 4) is 0 Å². The van der Waals surface area contributed by atoms with Crippen molar-refractivity contribution in [2.75, 3.05) is 13.7 Å². The number of rotatable bonds is 7. The molecule has 0 spiro atoms. The lowest BCUT2D eigenvalue weighted by molar-refractivity contribution is -0.152. The third kappa shape index (κ3) is 7.05. The van der Waals surface area contributed by atoms with Gasteiger partial charge in [0.05, 0.1) is 13.5 Å². The van der Waals surface area contributed by atoms with Gasteiger partial charge >= 0.3 is 5.97 Å². The van der Waals surface area contributed by atoms with Crippen molar-refractivity contribution in [1.29, 1.82) is 0 Å². The number of carbonyl (C=O) groups excluding carboxylic acids is 4. The number of esters is 1. The fourth-order valence-electron chi connectivity index (χ4n) is 1.01. The van der Waals surface area contributed by atoms with Crippen LogP contribution >= 0.6 is 11.8 Å². The summed E-state index contributed by atoms with van der Waals surface area (Å²) >= 11 is 0.926. The van der Waals surface area contributed by atoms with Gasteiger partial charge in [0.15, 0.2) is 5.12 Å². The lowest BCUT2D eigenvalue weighted by Gasteiger charge is -2.10. The van der Waals surface area contributed by atoms with Gasteiger partial charge in [-0.3, -0.25) is 14.4 Å². The summed E-state index contributed by atoms with van der Waals surface area (Å²) in [6, 6.07) is 0. The highest BCUT2D eigenvalue weighted by Crippen LogP contribution is 2.13. The highest BCUT2D eigenvalue weighted by atomic mass is 32.2. The Hall–Kier alpha value is -1.37. The zero-order valence-corrected chi connectivity index (χ0v) is 11.5. The van der Waals surface area contributed by atoms with Crippen LogP contribution in [0.25, 0.3) is 0 Å². The Kier molecular flexibility index (Phi) is 8.02. The molecule has 1 amide bonds. The van der Waals surface area contributed by atoms with Gasteiger partial charge in [0.1, 0.15) is 0 Å². The molecule has 0 aromatic heterocycles. The van der Waals surface area contributed by atoms with Gasteiger partial charge in [-0.15, -0.1) is 0 Å². The average molecular weight is 275 g/mol. The first kappa shape index (κ1) is 16.6. The average Bonchev–Trinajstić information content (AvgIpc) is 2.34. The maximum absolute atomic E-state index is 11.4. The van der Waals surface area contributed by atoms with E-state index in [1.165, 1.54) is 0 Å². The predicted molar refractivity (Wildman–Crippen MR) is 67.0 cm³/mol. The molecule has 0 aromatic rings. The minimum absolute atomic E-state index is 0.0967. The van der Waals surface area contributed by atoms with E-state index in [2.05, 4.69) is 10.1 Å². The summed E-state index contributed by atoms with van der Waals surface area (Å²) in [6.45, 7) is 3.82. The second-order valence-electron chi connectivity index (χ2n) is 3.55. The lowest BCUT2D eigenvalue weighted by Crippen LogP contribution is -2.29. The van der Waals surface area contributed by atoms with Crippen LogP contribution in [0, 0.1) is 0 Å². The van der Waals surface area contributed by atoms with Crippen LogP contribution in [0.1, 0.15) is 26.7 Å². The van der Waals surface area contributed by atoms with Crippen molar-refractivity contribution in [2.45, 2.75) is 31.9 Å². The Balaban J connectivity index is 3.97. The molecular formula is C11H17NO5S. The number of ketones is 1. The van der Waals surface area contributed by atoms with Crippen LogP contribution in [0.4, 0.5) is 0 Å². The smallest absolute Gasteiger partial charge is 0.374 e. The number of hydrogen-bond donors (Lipinski definition) is 1. The number of Topliss-reactive ketones (excluding diaryl/α,β-unsaturated/α-hetero) is 1. The van der Waals surface area contributed by atoms with E-state index < -0.39 is 23.3 Å². The van der Waals surface area contributed by atoms with E-state index in [1.807, 2.05) is 0 Å². The topological polar surface area (TPSA) is 89.5 Å². The molecule has 6 nitrogen and oxygen atoms in total. The fourth-order valence-corrected chi connectivity index (χ4v) is 1.84. The molecule has 1 N–H and O–H groups in total. The number of hydrogen-bond acceptors (Lipinski definition) is 6. The van der Waals surface area contributed by atoms with Gasteiger partial charge in [0, 0.05) is 18.2 Å². The minimum atomic E-state index is -1.02. The standard InChI is InChI=1S/C11H17NO5S/c1-4-9(14)12-6-7(2)18-10(15)5-8(13)11(16)17-3/h7H,4-6H2,1-3H3,(H,12,14). The van der Waals surface area contributed by atoms with E-state index in [0.717, 1.165) is 18.9 Å². The Labute approximate surface area is 110 Å². The molecule has 0 aromatic carbocycles. The number of amides is 1. The minimum Gasteiger partial charge on any atom is -0.463 e. The molecule has 0 radical (unpaired) electrons. The monoisotopic (exact) mass is 275 g/mol. The van der Waals surface area contributed by atoms with Crippen molar-refractivity contribution in [3.63, 3.8) is 0 Å².